The SMILES string of the molecule is CC(=O)N[C@@H](Cc1ccc(OC(=O)NC2CCCCC2)cc1)C(=O)O. The second kappa shape index (κ2) is 9.05. The lowest BCUT2D eigenvalue weighted by Gasteiger charge is -2.22. The highest BCUT2D eigenvalue weighted by molar-refractivity contribution is 5.82. The molecule has 0 bridgehead atoms. The molecule has 7 heteroatoms. The molecular weight excluding hydrogens is 324 g/mol. The zero-order valence-electron chi connectivity index (χ0n) is 14.3. The van der Waals surface area contributed by atoms with E-state index in [9.17, 15) is 14.4 Å². The van der Waals surface area contributed by atoms with Gasteiger partial charge in [0.1, 0.15) is 11.8 Å². The van der Waals surface area contributed by atoms with E-state index in [1.54, 1.807) is 24.3 Å². The molecule has 1 aliphatic rings. The minimum atomic E-state index is -1.10. The normalized spacial score (nSPS) is 15.9. The number of benzene rings is 1. The number of hydrogen-bond acceptors (Lipinski definition) is 4. The maximum Gasteiger partial charge on any atom is 0.412 e. The van der Waals surface area contributed by atoms with Crippen LogP contribution in [0.1, 0.15) is 44.6 Å². The summed E-state index contributed by atoms with van der Waals surface area (Å²) in [7, 11) is 0. The number of carboxylic acids is 1. The van der Waals surface area contributed by atoms with Gasteiger partial charge >= 0.3 is 12.1 Å². The topological polar surface area (TPSA) is 105 Å². The molecule has 0 spiro atoms. The summed E-state index contributed by atoms with van der Waals surface area (Å²) in [4.78, 5) is 34.1. The number of ether oxygens (including phenoxy) is 1. The van der Waals surface area contributed by atoms with Crippen LogP contribution in [0.3, 0.4) is 0 Å². The summed E-state index contributed by atoms with van der Waals surface area (Å²) in [5, 5.41) is 14.4. The van der Waals surface area contributed by atoms with Gasteiger partial charge in [-0.2, -0.15) is 0 Å². The van der Waals surface area contributed by atoms with Crippen molar-refractivity contribution in [2.45, 2.75) is 57.5 Å². The first-order chi connectivity index (χ1) is 11.9. The molecule has 0 radical (unpaired) electrons. The summed E-state index contributed by atoms with van der Waals surface area (Å²) in [5.74, 6) is -1.10. The average molecular weight is 348 g/mol. The van der Waals surface area contributed by atoms with Crippen molar-refractivity contribution < 1.29 is 24.2 Å². The van der Waals surface area contributed by atoms with Gasteiger partial charge in [-0.15, -0.1) is 0 Å². The quantitative estimate of drug-likeness (QED) is 0.731. The van der Waals surface area contributed by atoms with Gasteiger partial charge in [-0.1, -0.05) is 31.4 Å². The van der Waals surface area contributed by atoms with Crippen molar-refractivity contribution in [3.05, 3.63) is 29.8 Å². The molecule has 1 saturated carbocycles. The van der Waals surface area contributed by atoms with Crippen LogP contribution in [0.25, 0.3) is 0 Å². The molecule has 1 fully saturated rings. The molecule has 0 aliphatic heterocycles. The first-order valence-electron chi connectivity index (χ1n) is 8.51. The molecule has 25 heavy (non-hydrogen) atoms. The molecule has 0 aromatic heterocycles. The monoisotopic (exact) mass is 348 g/mol. The van der Waals surface area contributed by atoms with Crippen LogP contribution in [-0.4, -0.2) is 35.2 Å². The lowest BCUT2D eigenvalue weighted by Crippen LogP contribution is -2.41. The first kappa shape index (κ1) is 18.8. The van der Waals surface area contributed by atoms with Crippen LogP contribution in [0, 0.1) is 0 Å². The first-order valence-corrected chi connectivity index (χ1v) is 8.51. The van der Waals surface area contributed by atoms with E-state index in [2.05, 4.69) is 10.6 Å². The van der Waals surface area contributed by atoms with Crippen molar-refractivity contribution in [3.63, 3.8) is 0 Å². The van der Waals surface area contributed by atoms with Crippen LogP contribution in [0.2, 0.25) is 0 Å². The third kappa shape index (κ3) is 6.45. The molecule has 1 aromatic carbocycles. The van der Waals surface area contributed by atoms with Crippen LogP contribution in [0.5, 0.6) is 5.75 Å². The van der Waals surface area contributed by atoms with Crippen LogP contribution >= 0.6 is 0 Å². The van der Waals surface area contributed by atoms with E-state index in [1.807, 2.05) is 0 Å². The van der Waals surface area contributed by atoms with Gasteiger partial charge in [0.05, 0.1) is 0 Å². The van der Waals surface area contributed by atoms with Crippen LogP contribution in [0.15, 0.2) is 24.3 Å². The lowest BCUT2D eigenvalue weighted by molar-refractivity contribution is -0.141. The van der Waals surface area contributed by atoms with E-state index >= 15 is 0 Å². The molecule has 0 heterocycles. The Kier molecular flexibility index (Phi) is 6.80. The molecule has 136 valence electrons. The number of carbonyl (C=O) groups is 3. The van der Waals surface area contributed by atoms with Crippen molar-refractivity contribution in [3.8, 4) is 5.75 Å². The van der Waals surface area contributed by atoms with Gasteiger partial charge in [-0.3, -0.25) is 4.79 Å². The molecule has 2 amide bonds. The highest BCUT2D eigenvalue weighted by Crippen LogP contribution is 2.18. The molecule has 3 N–H and O–H groups in total. The zero-order chi connectivity index (χ0) is 18.2. The van der Waals surface area contributed by atoms with E-state index in [0.717, 1.165) is 31.2 Å². The predicted octanol–water partition coefficient (Wildman–Crippen LogP) is 2.24. The summed E-state index contributed by atoms with van der Waals surface area (Å²) in [5.41, 5.74) is 0.723. The van der Waals surface area contributed by atoms with Gasteiger partial charge in [0.15, 0.2) is 0 Å². The van der Waals surface area contributed by atoms with E-state index in [-0.39, 0.29) is 12.5 Å². The Labute approximate surface area is 146 Å². The predicted molar refractivity (Wildman–Crippen MR) is 91.4 cm³/mol. The molecule has 1 aromatic rings. The fraction of sp³-hybridized carbons (Fsp3) is 0.500. The van der Waals surface area contributed by atoms with Gasteiger partial charge in [0, 0.05) is 19.4 Å². The Morgan fingerprint density at radius 2 is 1.80 bits per heavy atom. The number of amides is 2. The molecule has 7 nitrogen and oxygen atoms in total. The molecule has 0 saturated heterocycles. The number of nitrogens with one attached hydrogen (secondary N) is 2. The Balaban J connectivity index is 1.86. The fourth-order valence-electron chi connectivity index (χ4n) is 2.92. The third-order valence-corrected chi connectivity index (χ3v) is 4.18. The summed E-state index contributed by atoms with van der Waals surface area (Å²) in [6, 6.07) is 5.78. The number of hydrogen-bond donors (Lipinski definition) is 3. The Morgan fingerprint density at radius 1 is 1.16 bits per heavy atom. The second-order valence-corrected chi connectivity index (χ2v) is 6.31. The standard InChI is InChI=1S/C18H24N2O5/c1-12(21)19-16(17(22)23)11-13-7-9-15(10-8-13)25-18(24)20-14-5-3-2-4-6-14/h7-10,14,16H,2-6,11H2,1H3,(H,19,21)(H,20,24)(H,22,23)/t16-/m0/s1. The molecule has 0 unspecified atom stereocenters. The number of aliphatic carboxylic acids is 1. The summed E-state index contributed by atoms with van der Waals surface area (Å²) in [6.07, 6.45) is 5.11. The van der Waals surface area contributed by atoms with Crippen molar-refractivity contribution in [2.24, 2.45) is 0 Å². The number of rotatable bonds is 6. The number of carbonyl (C=O) groups excluding carboxylic acids is 2. The largest absolute Gasteiger partial charge is 0.480 e. The van der Waals surface area contributed by atoms with Gasteiger partial charge in [0.25, 0.3) is 0 Å². The van der Waals surface area contributed by atoms with Crippen molar-refractivity contribution in [1.82, 2.24) is 10.6 Å². The van der Waals surface area contributed by atoms with E-state index in [4.69, 9.17) is 9.84 Å². The summed E-state index contributed by atoms with van der Waals surface area (Å²) >= 11 is 0. The molecule has 1 aliphatic carbocycles. The van der Waals surface area contributed by atoms with E-state index in [0.29, 0.717) is 5.75 Å². The van der Waals surface area contributed by atoms with Crippen molar-refractivity contribution in [1.29, 1.82) is 0 Å². The van der Waals surface area contributed by atoms with Gasteiger partial charge in [-0.05, 0) is 30.5 Å². The maximum atomic E-state index is 11.9. The van der Waals surface area contributed by atoms with Crippen molar-refractivity contribution in [2.75, 3.05) is 0 Å². The van der Waals surface area contributed by atoms with E-state index in [1.165, 1.54) is 13.3 Å². The van der Waals surface area contributed by atoms with Gasteiger partial charge in [0.2, 0.25) is 5.91 Å². The maximum absolute atomic E-state index is 11.9. The molecule has 2 rings (SSSR count). The molecular formula is C18H24N2O5. The zero-order valence-corrected chi connectivity index (χ0v) is 14.3. The lowest BCUT2D eigenvalue weighted by atomic mass is 9.96. The Bertz CT molecular complexity index is 608. The van der Waals surface area contributed by atoms with E-state index < -0.39 is 24.0 Å². The smallest absolute Gasteiger partial charge is 0.412 e. The van der Waals surface area contributed by atoms with Gasteiger partial charge < -0.3 is 20.5 Å². The minimum absolute atomic E-state index is 0.156. The number of carboxylic acid groups (broad SMARTS) is 1. The molecule has 1 atom stereocenters. The summed E-state index contributed by atoms with van der Waals surface area (Å²) < 4.78 is 5.25. The minimum Gasteiger partial charge on any atom is -0.480 e. The highest BCUT2D eigenvalue weighted by Gasteiger charge is 2.19. The second-order valence-electron chi connectivity index (χ2n) is 6.31. The van der Waals surface area contributed by atoms with Crippen LogP contribution in [0.4, 0.5) is 4.79 Å². The Morgan fingerprint density at radius 3 is 2.36 bits per heavy atom. The average Bonchev–Trinajstić information content (AvgIpc) is 2.56. The fourth-order valence-corrected chi connectivity index (χ4v) is 2.92. The highest BCUT2D eigenvalue weighted by atomic mass is 16.6. The third-order valence-electron chi connectivity index (χ3n) is 4.18. The van der Waals surface area contributed by atoms with Crippen LogP contribution < -0.4 is 15.4 Å². The van der Waals surface area contributed by atoms with Crippen LogP contribution in [-0.2, 0) is 16.0 Å². The Hall–Kier alpha value is -2.57. The van der Waals surface area contributed by atoms with Gasteiger partial charge in [-0.25, -0.2) is 9.59 Å². The van der Waals surface area contributed by atoms with Crippen molar-refractivity contribution >= 4 is 18.0 Å². The summed E-state index contributed by atoms with van der Waals surface area (Å²) in [6.45, 7) is 1.28.